The lowest BCUT2D eigenvalue weighted by atomic mass is 9.96. The molecule has 2 amide bonds. The van der Waals surface area contributed by atoms with Gasteiger partial charge in [-0.25, -0.2) is 4.79 Å². The van der Waals surface area contributed by atoms with Crippen molar-refractivity contribution in [2.24, 2.45) is 0 Å². The number of aromatic nitrogens is 1. The Morgan fingerprint density at radius 1 is 1.35 bits per heavy atom. The maximum atomic E-state index is 11.6. The Bertz CT molecular complexity index is 328. The third-order valence-electron chi connectivity index (χ3n) is 3.30. The minimum atomic E-state index is -0.0209. The SMILES string of the molecule is O=C(NCCc1cc[nH]c1)NC1CCCCC1. The first-order valence-electron chi connectivity index (χ1n) is 6.50. The first-order valence-corrected chi connectivity index (χ1v) is 6.50. The number of hydrogen-bond donors (Lipinski definition) is 3. The molecule has 0 aromatic carbocycles. The Morgan fingerprint density at radius 3 is 2.88 bits per heavy atom. The Morgan fingerprint density at radius 2 is 2.18 bits per heavy atom. The van der Waals surface area contributed by atoms with E-state index in [4.69, 9.17) is 0 Å². The maximum Gasteiger partial charge on any atom is 0.315 e. The Balaban J connectivity index is 1.60. The molecular formula is C13H21N3O. The Labute approximate surface area is 102 Å². The summed E-state index contributed by atoms with van der Waals surface area (Å²) in [5.41, 5.74) is 1.22. The van der Waals surface area contributed by atoms with Crippen LogP contribution in [0.2, 0.25) is 0 Å². The van der Waals surface area contributed by atoms with Crippen molar-refractivity contribution in [1.82, 2.24) is 15.6 Å². The highest BCUT2D eigenvalue weighted by molar-refractivity contribution is 5.74. The molecule has 0 aliphatic heterocycles. The largest absolute Gasteiger partial charge is 0.367 e. The molecule has 17 heavy (non-hydrogen) atoms. The van der Waals surface area contributed by atoms with Crippen molar-refractivity contribution in [3.05, 3.63) is 24.0 Å². The van der Waals surface area contributed by atoms with E-state index in [1.54, 1.807) is 0 Å². The molecule has 1 heterocycles. The summed E-state index contributed by atoms with van der Waals surface area (Å²) in [4.78, 5) is 14.6. The van der Waals surface area contributed by atoms with E-state index in [1.165, 1.54) is 24.8 Å². The molecule has 0 spiro atoms. The lowest BCUT2D eigenvalue weighted by Gasteiger charge is -2.22. The highest BCUT2D eigenvalue weighted by Crippen LogP contribution is 2.17. The molecular weight excluding hydrogens is 214 g/mol. The van der Waals surface area contributed by atoms with Crippen LogP contribution < -0.4 is 10.6 Å². The van der Waals surface area contributed by atoms with Gasteiger partial charge in [-0.3, -0.25) is 0 Å². The monoisotopic (exact) mass is 235 g/mol. The molecule has 4 heteroatoms. The fourth-order valence-electron chi connectivity index (χ4n) is 2.32. The molecule has 0 radical (unpaired) electrons. The van der Waals surface area contributed by atoms with Crippen molar-refractivity contribution in [3.63, 3.8) is 0 Å². The molecule has 0 bridgehead atoms. The van der Waals surface area contributed by atoms with Crippen molar-refractivity contribution >= 4 is 6.03 Å². The van der Waals surface area contributed by atoms with E-state index >= 15 is 0 Å². The number of nitrogens with one attached hydrogen (secondary N) is 3. The molecule has 1 aliphatic carbocycles. The summed E-state index contributed by atoms with van der Waals surface area (Å²) in [7, 11) is 0. The van der Waals surface area contributed by atoms with Crippen molar-refractivity contribution in [2.45, 2.75) is 44.6 Å². The molecule has 4 nitrogen and oxygen atoms in total. The van der Waals surface area contributed by atoms with Crippen LogP contribution >= 0.6 is 0 Å². The predicted molar refractivity (Wildman–Crippen MR) is 67.9 cm³/mol. The van der Waals surface area contributed by atoms with E-state index in [9.17, 15) is 4.79 Å². The van der Waals surface area contributed by atoms with Crippen LogP contribution in [0.4, 0.5) is 4.79 Å². The van der Waals surface area contributed by atoms with Gasteiger partial charge in [0.15, 0.2) is 0 Å². The van der Waals surface area contributed by atoms with Gasteiger partial charge >= 0.3 is 6.03 Å². The molecule has 1 aromatic rings. The van der Waals surface area contributed by atoms with Gasteiger partial charge in [0.05, 0.1) is 0 Å². The van der Waals surface area contributed by atoms with Crippen LogP contribution in [-0.4, -0.2) is 23.6 Å². The topological polar surface area (TPSA) is 56.9 Å². The van der Waals surface area contributed by atoms with Crippen LogP contribution in [0.15, 0.2) is 18.5 Å². The number of carbonyl (C=O) groups is 1. The second-order valence-corrected chi connectivity index (χ2v) is 4.70. The van der Waals surface area contributed by atoms with E-state index < -0.39 is 0 Å². The summed E-state index contributed by atoms with van der Waals surface area (Å²) in [5, 5.41) is 5.95. The van der Waals surface area contributed by atoms with E-state index in [2.05, 4.69) is 15.6 Å². The van der Waals surface area contributed by atoms with Crippen molar-refractivity contribution in [1.29, 1.82) is 0 Å². The van der Waals surface area contributed by atoms with Crippen LogP contribution in [0.1, 0.15) is 37.7 Å². The summed E-state index contributed by atoms with van der Waals surface area (Å²) in [6.07, 6.45) is 10.8. The lowest BCUT2D eigenvalue weighted by molar-refractivity contribution is 0.233. The Hall–Kier alpha value is -1.45. The molecule has 1 saturated carbocycles. The zero-order valence-corrected chi connectivity index (χ0v) is 10.2. The standard InChI is InChI=1S/C13H21N3O/c17-13(16-12-4-2-1-3-5-12)15-9-7-11-6-8-14-10-11/h6,8,10,12,14H,1-5,7,9H2,(H2,15,16,17). The van der Waals surface area contributed by atoms with Gasteiger partial charge in [-0.2, -0.15) is 0 Å². The molecule has 0 saturated heterocycles. The summed E-state index contributed by atoms with van der Waals surface area (Å²) in [6.45, 7) is 0.691. The minimum Gasteiger partial charge on any atom is -0.367 e. The molecule has 0 atom stereocenters. The maximum absolute atomic E-state index is 11.6. The lowest BCUT2D eigenvalue weighted by Crippen LogP contribution is -2.43. The van der Waals surface area contributed by atoms with Crippen molar-refractivity contribution in [2.75, 3.05) is 6.54 Å². The van der Waals surface area contributed by atoms with Crippen LogP contribution in [-0.2, 0) is 6.42 Å². The predicted octanol–water partition coefficient (Wildman–Crippen LogP) is 2.19. The molecule has 1 aromatic heterocycles. The molecule has 2 rings (SSSR count). The third kappa shape index (κ3) is 4.13. The van der Waals surface area contributed by atoms with Gasteiger partial charge in [0.25, 0.3) is 0 Å². The highest BCUT2D eigenvalue weighted by Gasteiger charge is 2.14. The highest BCUT2D eigenvalue weighted by atomic mass is 16.2. The third-order valence-corrected chi connectivity index (χ3v) is 3.30. The number of H-pyrrole nitrogens is 1. The van der Waals surface area contributed by atoms with Gasteiger partial charge in [0.1, 0.15) is 0 Å². The summed E-state index contributed by atoms with van der Waals surface area (Å²) in [5.74, 6) is 0. The molecule has 1 fully saturated rings. The number of hydrogen-bond acceptors (Lipinski definition) is 1. The second-order valence-electron chi connectivity index (χ2n) is 4.70. The summed E-state index contributed by atoms with van der Waals surface area (Å²) >= 11 is 0. The van der Waals surface area contributed by atoms with E-state index in [0.29, 0.717) is 12.6 Å². The van der Waals surface area contributed by atoms with E-state index in [-0.39, 0.29) is 6.03 Å². The van der Waals surface area contributed by atoms with Crippen LogP contribution in [0, 0.1) is 0 Å². The van der Waals surface area contributed by atoms with Crippen LogP contribution in [0.25, 0.3) is 0 Å². The van der Waals surface area contributed by atoms with Gasteiger partial charge in [-0.1, -0.05) is 19.3 Å². The second kappa shape index (κ2) is 6.33. The van der Waals surface area contributed by atoms with Gasteiger partial charge in [-0.15, -0.1) is 0 Å². The summed E-state index contributed by atoms with van der Waals surface area (Å²) < 4.78 is 0. The fourth-order valence-corrected chi connectivity index (χ4v) is 2.32. The normalized spacial score (nSPS) is 16.7. The smallest absolute Gasteiger partial charge is 0.315 e. The molecule has 94 valence electrons. The van der Waals surface area contributed by atoms with E-state index in [0.717, 1.165) is 19.3 Å². The average molecular weight is 235 g/mol. The number of carbonyl (C=O) groups excluding carboxylic acids is 1. The number of aromatic amines is 1. The minimum absolute atomic E-state index is 0.0209. The van der Waals surface area contributed by atoms with Gasteiger partial charge in [0.2, 0.25) is 0 Å². The van der Waals surface area contributed by atoms with Gasteiger partial charge < -0.3 is 15.6 Å². The van der Waals surface area contributed by atoms with Crippen LogP contribution in [0.3, 0.4) is 0 Å². The van der Waals surface area contributed by atoms with Gasteiger partial charge in [-0.05, 0) is 30.9 Å². The fraction of sp³-hybridized carbons (Fsp3) is 0.615. The molecule has 1 aliphatic rings. The quantitative estimate of drug-likeness (QED) is 0.736. The average Bonchev–Trinajstić information content (AvgIpc) is 2.83. The van der Waals surface area contributed by atoms with Crippen molar-refractivity contribution in [3.8, 4) is 0 Å². The number of urea groups is 1. The van der Waals surface area contributed by atoms with Crippen LogP contribution in [0.5, 0.6) is 0 Å². The summed E-state index contributed by atoms with van der Waals surface area (Å²) in [6, 6.07) is 2.39. The zero-order chi connectivity index (χ0) is 11.9. The molecule has 0 unspecified atom stereocenters. The zero-order valence-electron chi connectivity index (χ0n) is 10.2. The first kappa shape index (κ1) is 12.0. The number of amides is 2. The molecule has 3 N–H and O–H groups in total. The number of rotatable bonds is 4. The van der Waals surface area contributed by atoms with Crippen molar-refractivity contribution < 1.29 is 4.79 Å². The first-order chi connectivity index (χ1) is 8.34. The van der Waals surface area contributed by atoms with E-state index in [1.807, 2.05) is 18.5 Å². The Kier molecular flexibility index (Phi) is 4.47. The van der Waals surface area contributed by atoms with Gasteiger partial charge in [0, 0.05) is 25.0 Å².